The number of nitrogens with zero attached hydrogens (tertiary/aromatic N) is 2. The lowest BCUT2D eigenvalue weighted by Crippen LogP contribution is -2.39. The molecule has 100 valence electrons. The van der Waals surface area contributed by atoms with Crippen molar-refractivity contribution in [1.29, 1.82) is 0 Å². The lowest BCUT2D eigenvalue weighted by atomic mass is 10.2. The number of anilines is 1. The maximum atomic E-state index is 12.0. The lowest BCUT2D eigenvalue weighted by Gasteiger charge is -2.22. The predicted octanol–water partition coefficient (Wildman–Crippen LogP) is 0.991. The number of rotatable bonds is 3. The van der Waals surface area contributed by atoms with Crippen molar-refractivity contribution < 1.29 is 4.79 Å². The second-order valence-electron chi connectivity index (χ2n) is 4.51. The second kappa shape index (κ2) is 5.58. The van der Waals surface area contributed by atoms with Crippen molar-refractivity contribution in [3.8, 4) is 0 Å². The highest BCUT2D eigenvalue weighted by atomic mass is 32.2. The first kappa shape index (κ1) is 12.4. The number of amides is 1. The Bertz CT molecular complexity index is 578. The summed E-state index contributed by atoms with van der Waals surface area (Å²) in [5.74, 6) is 2.15. The van der Waals surface area contributed by atoms with Crippen LogP contribution in [-0.2, 0) is 4.79 Å². The van der Waals surface area contributed by atoms with Crippen LogP contribution in [-0.4, -0.2) is 45.4 Å². The topological polar surface area (TPSA) is 82.7 Å². The van der Waals surface area contributed by atoms with Crippen molar-refractivity contribution in [1.82, 2.24) is 20.7 Å². The molecular weight excluding hydrogens is 262 g/mol. The zero-order chi connectivity index (χ0) is 13.1. The van der Waals surface area contributed by atoms with Gasteiger partial charge in [0.2, 0.25) is 5.91 Å². The number of H-pyrrole nitrogens is 1. The standard InChI is InChI=1S/C12H15N5OS/c18-12(6-9-7-19-4-3-13-9)14-8-1-2-10-11(5-8)16-17-15-10/h1-2,5,9,13H,3-4,6-7H2,(H,14,18)(H,15,16,17). The van der Waals surface area contributed by atoms with E-state index in [-0.39, 0.29) is 11.9 Å². The summed E-state index contributed by atoms with van der Waals surface area (Å²) >= 11 is 1.89. The van der Waals surface area contributed by atoms with Crippen LogP contribution in [0, 0.1) is 0 Å². The number of benzene rings is 1. The van der Waals surface area contributed by atoms with Crippen LogP contribution in [0.4, 0.5) is 5.69 Å². The molecule has 7 heteroatoms. The number of hydrogen-bond donors (Lipinski definition) is 3. The van der Waals surface area contributed by atoms with Gasteiger partial charge in [-0.15, -0.1) is 0 Å². The summed E-state index contributed by atoms with van der Waals surface area (Å²) in [6.07, 6.45) is 0.504. The van der Waals surface area contributed by atoms with E-state index in [1.807, 2.05) is 30.0 Å². The summed E-state index contributed by atoms with van der Waals surface area (Å²) < 4.78 is 0. The lowest BCUT2D eigenvalue weighted by molar-refractivity contribution is -0.116. The molecule has 1 aromatic carbocycles. The fourth-order valence-electron chi connectivity index (χ4n) is 2.10. The van der Waals surface area contributed by atoms with Crippen LogP contribution in [0.15, 0.2) is 18.2 Å². The van der Waals surface area contributed by atoms with E-state index in [9.17, 15) is 4.79 Å². The van der Waals surface area contributed by atoms with Crippen LogP contribution < -0.4 is 10.6 Å². The SMILES string of the molecule is O=C(CC1CSCCN1)Nc1ccc2n[nH]nc2c1. The Morgan fingerprint density at radius 3 is 3.16 bits per heavy atom. The molecule has 6 nitrogen and oxygen atoms in total. The largest absolute Gasteiger partial charge is 0.326 e. The summed E-state index contributed by atoms with van der Waals surface area (Å²) in [4.78, 5) is 12.0. The fourth-order valence-corrected chi connectivity index (χ4v) is 3.05. The highest BCUT2D eigenvalue weighted by Gasteiger charge is 2.16. The van der Waals surface area contributed by atoms with Gasteiger partial charge in [-0.05, 0) is 18.2 Å². The van der Waals surface area contributed by atoms with Gasteiger partial charge in [-0.1, -0.05) is 0 Å². The Morgan fingerprint density at radius 2 is 2.32 bits per heavy atom. The van der Waals surface area contributed by atoms with Crippen molar-refractivity contribution >= 4 is 34.4 Å². The summed E-state index contributed by atoms with van der Waals surface area (Å²) in [6, 6.07) is 5.77. The number of carbonyl (C=O) groups excluding carboxylic acids is 1. The third kappa shape index (κ3) is 3.05. The highest BCUT2D eigenvalue weighted by molar-refractivity contribution is 7.99. The molecule has 1 amide bonds. The Hall–Kier alpha value is -1.60. The molecule has 3 rings (SSSR count). The van der Waals surface area contributed by atoms with Gasteiger partial charge in [-0.3, -0.25) is 4.79 Å². The molecular formula is C12H15N5OS. The van der Waals surface area contributed by atoms with Crippen molar-refractivity contribution in [3.05, 3.63) is 18.2 Å². The second-order valence-corrected chi connectivity index (χ2v) is 5.66. The molecule has 3 N–H and O–H groups in total. The normalized spacial score (nSPS) is 19.5. The molecule has 0 spiro atoms. The molecule has 0 bridgehead atoms. The number of nitrogens with one attached hydrogen (secondary N) is 3. The van der Waals surface area contributed by atoms with Gasteiger partial charge in [0.25, 0.3) is 0 Å². The number of carbonyl (C=O) groups is 1. The van der Waals surface area contributed by atoms with E-state index < -0.39 is 0 Å². The van der Waals surface area contributed by atoms with Crippen LogP contribution in [0.1, 0.15) is 6.42 Å². The van der Waals surface area contributed by atoms with Gasteiger partial charge in [0.15, 0.2) is 0 Å². The Morgan fingerprint density at radius 1 is 1.42 bits per heavy atom. The first-order valence-corrected chi connectivity index (χ1v) is 7.38. The van der Waals surface area contributed by atoms with Crippen molar-refractivity contribution in [2.75, 3.05) is 23.4 Å². The molecule has 0 radical (unpaired) electrons. The summed E-state index contributed by atoms with van der Waals surface area (Å²) in [5.41, 5.74) is 2.31. The quantitative estimate of drug-likeness (QED) is 0.779. The maximum absolute atomic E-state index is 12.0. The summed E-state index contributed by atoms with van der Waals surface area (Å²) in [6.45, 7) is 0.980. The average molecular weight is 277 g/mol. The summed E-state index contributed by atoms with van der Waals surface area (Å²) in [5, 5.41) is 16.8. The molecule has 1 aliphatic rings. The van der Waals surface area contributed by atoms with Crippen molar-refractivity contribution in [2.24, 2.45) is 0 Å². The minimum absolute atomic E-state index is 0.0304. The van der Waals surface area contributed by atoms with Gasteiger partial charge in [0.05, 0.1) is 0 Å². The predicted molar refractivity (Wildman–Crippen MR) is 76.3 cm³/mol. The Balaban J connectivity index is 1.61. The number of thioether (sulfide) groups is 1. The molecule has 1 atom stereocenters. The zero-order valence-electron chi connectivity index (χ0n) is 10.3. The van der Waals surface area contributed by atoms with E-state index in [1.165, 1.54) is 0 Å². The summed E-state index contributed by atoms with van der Waals surface area (Å²) in [7, 11) is 0. The molecule has 1 saturated heterocycles. The third-order valence-electron chi connectivity index (χ3n) is 3.03. The number of aromatic nitrogens is 3. The van der Waals surface area contributed by atoms with Gasteiger partial charge in [0.1, 0.15) is 11.0 Å². The minimum atomic E-state index is 0.0304. The van der Waals surface area contributed by atoms with Crippen LogP contribution in [0.25, 0.3) is 11.0 Å². The van der Waals surface area contributed by atoms with Gasteiger partial charge < -0.3 is 10.6 Å². The minimum Gasteiger partial charge on any atom is -0.326 e. The molecule has 2 aromatic rings. The maximum Gasteiger partial charge on any atom is 0.225 e. The van der Waals surface area contributed by atoms with E-state index in [0.29, 0.717) is 6.42 Å². The number of aromatic amines is 1. The molecule has 1 fully saturated rings. The van der Waals surface area contributed by atoms with Crippen LogP contribution in [0.5, 0.6) is 0 Å². The molecule has 0 saturated carbocycles. The van der Waals surface area contributed by atoms with Crippen LogP contribution >= 0.6 is 11.8 Å². The smallest absolute Gasteiger partial charge is 0.225 e. The van der Waals surface area contributed by atoms with E-state index in [2.05, 4.69) is 26.0 Å². The first-order chi connectivity index (χ1) is 9.31. The molecule has 19 heavy (non-hydrogen) atoms. The van der Waals surface area contributed by atoms with Crippen LogP contribution in [0.2, 0.25) is 0 Å². The number of fused-ring (bicyclic) bond motifs is 1. The van der Waals surface area contributed by atoms with Gasteiger partial charge in [-0.2, -0.15) is 27.2 Å². The average Bonchev–Trinajstić information content (AvgIpc) is 2.87. The molecule has 0 aliphatic carbocycles. The van der Waals surface area contributed by atoms with Gasteiger partial charge in [-0.25, -0.2) is 0 Å². The van der Waals surface area contributed by atoms with Crippen molar-refractivity contribution in [2.45, 2.75) is 12.5 Å². The molecule has 1 aromatic heterocycles. The van der Waals surface area contributed by atoms with Gasteiger partial charge >= 0.3 is 0 Å². The fraction of sp³-hybridized carbons (Fsp3) is 0.417. The monoisotopic (exact) mass is 277 g/mol. The van der Waals surface area contributed by atoms with Gasteiger partial charge in [0, 0.05) is 36.2 Å². The van der Waals surface area contributed by atoms with E-state index in [0.717, 1.165) is 34.8 Å². The molecule has 2 heterocycles. The number of hydrogen-bond acceptors (Lipinski definition) is 5. The third-order valence-corrected chi connectivity index (χ3v) is 4.16. The highest BCUT2D eigenvalue weighted by Crippen LogP contribution is 2.16. The van der Waals surface area contributed by atoms with Crippen LogP contribution in [0.3, 0.4) is 0 Å². The van der Waals surface area contributed by atoms with E-state index in [4.69, 9.17) is 0 Å². The van der Waals surface area contributed by atoms with E-state index >= 15 is 0 Å². The molecule has 1 aliphatic heterocycles. The van der Waals surface area contributed by atoms with E-state index in [1.54, 1.807) is 0 Å². The Kier molecular flexibility index (Phi) is 3.65. The zero-order valence-corrected chi connectivity index (χ0v) is 11.2. The molecule has 1 unspecified atom stereocenters. The van der Waals surface area contributed by atoms with Crippen molar-refractivity contribution in [3.63, 3.8) is 0 Å². The first-order valence-electron chi connectivity index (χ1n) is 6.23. The Labute approximate surface area is 114 Å².